The monoisotopic (exact) mass is 521 g/mol. The van der Waals surface area contributed by atoms with Crippen molar-refractivity contribution in [1.82, 2.24) is 5.32 Å². The van der Waals surface area contributed by atoms with Gasteiger partial charge in [0.2, 0.25) is 0 Å². The average Bonchev–Trinajstić information content (AvgIpc) is 2.90. The number of carbonyl (C=O) groups is 1. The lowest BCUT2D eigenvalue weighted by Gasteiger charge is -2.33. The zero-order valence-corrected chi connectivity index (χ0v) is 21.2. The van der Waals surface area contributed by atoms with E-state index >= 15 is 0 Å². The number of rotatable bonds is 8. The van der Waals surface area contributed by atoms with Gasteiger partial charge in [-0.15, -0.1) is 12.4 Å². The minimum Gasteiger partial charge on any atom is -0.489 e. The molecule has 0 spiro atoms. The number of nitrogens with one attached hydrogen (secondary N) is 1. The number of hydrogen-bond donors (Lipinski definition) is 2. The molecule has 0 radical (unpaired) electrons. The standard InChI is InChI=1S/C30H28FNO4.ClH/c1-19(23-11-6-8-20-7-2-3-9-24(20)23)32-17-22-16-26(25-10-4-5-12-28(25)36-22)21-13-14-27(31)29(15-21)35-18-30(33)34;/h2-15,19,22,26,32H,16-18H2,1H3,(H,33,34);1H/t19?,22-,26+;/m1./s1. The van der Waals surface area contributed by atoms with Gasteiger partial charge in [0.25, 0.3) is 0 Å². The summed E-state index contributed by atoms with van der Waals surface area (Å²) in [6, 6.07) is 27.4. The van der Waals surface area contributed by atoms with Crippen molar-refractivity contribution in [2.45, 2.75) is 31.4 Å². The quantitative estimate of drug-likeness (QED) is 0.277. The van der Waals surface area contributed by atoms with Crippen LogP contribution in [-0.4, -0.2) is 30.3 Å². The summed E-state index contributed by atoms with van der Waals surface area (Å²) >= 11 is 0. The second kappa shape index (κ2) is 11.6. The van der Waals surface area contributed by atoms with Crippen molar-refractivity contribution in [1.29, 1.82) is 0 Å². The number of halogens is 2. The van der Waals surface area contributed by atoms with Gasteiger partial charge >= 0.3 is 5.97 Å². The Morgan fingerprint density at radius 1 is 1.08 bits per heavy atom. The third-order valence-corrected chi connectivity index (χ3v) is 6.74. The highest BCUT2D eigenvalue weighted by atomic mass is 35.5. The highest BCUT2D eigenvalue weighted by molar-refractivity contribution is 5.86. The lowest BCUT2D eigenvalue weighted by Crippen LogP contribution is -2.37. The van der Waals surface area contributed by atoms with Gasteiger partial charge in [-0.1, -0.05) is 66.7 Å². The van der Waals surface area contributed by atoms with Crippen LogP contribution in [0, 0.1) is 5.82 Å². The van der Waals surface area contributed by atoms with Crippen LogP contribution in [-0.2, 0) is 4.79 Å². The lowest BCUT2D eigenvalue weighted by atomic mass is 9.84. The van der Waals surface area contributed by atoms with E-state index in [1.54, 1.807) is 12.1 Å². The smallest absolute Gasteiger partial charge is 0.341 e. The average molecular weight is 522 g/mol. The van der Waals surface area contributed by atoms with E-state index in [0.717, 1.165) is 16.9 Å². The molecule has 2 N–H and O–H groups in total. The number of benzene rings is 4. The largest absolute Gasteiger partial charge is 0.489 e. The van der Waals surface area contributed by atoms with Crippen LogP contribution in [0.25, 0.3) is 10.8 Å². The molecule has 1 aliphatic heterocycles. The maximum Gasteiger partial charge on any atom is 0.341 e. The summed E-state index contributed by atoms with van der Waals surface area (Å²) in [5.41, 5.74) is 3.12. The van der Waals surface area contributed by atoms with Gasteiger partial charge in [0.05, 0.1) is 0 Å². The van der Waals surface area contributed by atoms with E-state index in [1.807, 2.05) is 30.3 Å². The summed E-state index contributed by atoms with van der Waals surface area (Å²) in [6.07, 6.45) is 0.590. The lowest BCUT2D eigenvalue weighted by molar-refractivity contribution is -0.139. The van der Waals surface area contributed by atoms with E-state index in [4.69, 9.17) is 14.6 Å². The van der Waals surface area contributed by atoms with Crippen LogP contribution in [0.15, 0.2) is 84.9 Å². The molecule has 1 unspecified atom stereocenters. The predicted octanol–water partition coefficient (Wildman–Crippen LogP) is 6.50. The fourth-order valence-corrected chi connectivity index (χ4v) is 4.97. The topological polar surface area (TPSA) is 67.8 Å². The Morgan fingerprint density at radius 3 is 2.68 bits per heavy atom. The predicted molar refractivity (Wildman–Crippen MR) is 144 cm³/mol. The molecule has 192 valence electrons. The first-order chi connectivity index (χ1) is 17.5. The zero-order chi connectivity index (χ0) is 25.1. The second-order valence-electron chi connectivity index (χ2n) is 9.14. The number of carboxylic acid groups (broad SMARTS) is 1. The molecule has 0 saturated heterocycles. The van der Waals surface area contributed by atoms with E-state index in [1.165, 1.54) is 22.4 Å². The minimum absolute atomic E-state index is 0. The van der Waals surface area contributed by atoms with Crippen molar-refractivity contribution < 1.29 is 23.8 Å². The molecule has 1 aliphatic rings. The molecule has 0 fully saturated rings. The Balaban J connectivity index is 0.00000320. The number of aliphatic carboxylic acids is 1. The molecule has 0 aromatic heterocycles. The normalized spacial score (nSPS) is 17.2. The molecule has 0 bridgehead atoms. The second-order valence-corrected chi connectivity index (χ2v) is 9.14. The van der Waals surface area contributed by atoms with Crippen LogP contribution < -0.4 is 14.8 Å². The molecular weight excluding hydrogens is 493 g/mol. The third-order valence-electron chi connectivity index (χ3n) is 6.74. The van der Waals surface area contributed by atoms with E-state index in [0.29, 0.717) is 13.0 Å². The Morgan fingerprint density at radius 2 is 1.84 bits per heavy atom. The van der Waals surface area contributed by atoms with Crippen molar-refractivity contribution in [3.05, 3.63) is 107 Å². The van der Waals surface area contributed by atoms with Crippen molar-refractivity contribution in [2.24, 2.45) is 0 Å². The number of ether oxygens (including phenoxy) is 2. The summed E-state index contributed by atoms with van der Waals surface area (Å²) in [5, 5.41) is 15.0. The van der Waals surface area contributed by atoms with Gasteiger partial charge in [0.1, 0.15) is 11.9 Å². The molecule has 4 aromatic carbocycles. The van der Waals surface area contributed by atoms with Gasteiger partial charge in [0.15, 0.2) is 18.2 Å². The highest BCUT2D eigenvalue weighted by Crippen LogP contribution is 2.41. The van der Waals surface area contributed by atoms with E-state index in [9.17, 15) is 9.18 Å². The molecule has 1 heterocycles. The number of fused-ring (bicyclic) bond motifs is 2. The van der Waals surface area contributed by atoms with Crippen LogP contribution in [0.4, 0.5) is 4.39 Å². The first kappa shape index (κ1) is 26.5. The first-order valence-electron chi connectivity index (χ1n) is 12.1. The Labute approximate surface area is 221 Å². The zero-order valence-electron chi connectivity index (χ0n) is 20.4. The molecule has 0 amide bonds. The van der Waals surface area contributed by atoms with Gasteiger partial charge in [-0.25, -0.2) is 9.18 Å². The van der Waals surface area contributed by atoms with E-state index < -0.39 is 18.4 Å². The summed E-state index contributed by atoms with van der Waals surface area (Å²) in [5.74, 6) is -1.03. The highest BCUT2D eigenvalue weighted by Gasteiger charge is 2.30. The van der Waals surface area contributed by atoms with Crippen molar-refractivity contribution >= 4 is 29.1 Å². The molecule has 0 aliphatic carbocycles. The molecule has 37 heavy (non-hydrogen) atoms. The summed E-state index contributed by atoms with van der Waals surface area (Å²) in [6.45, 7) is 2.20. The molecule has 5 nitrogen and oxygen atoms in total. The number of hydrogen-bond acceptors (Lipinski definition) is 4. The van der Waals surface area contributed by atoms with Crippen LogP contribution in [0.5, 0.6) is 11.5 Å². The molecule has 5 rings (SSSR count). The minimum atomic E-state index is -1.15. The Hall–Kier alpha value is -3.61. The van der Waals surface area contributed by atoms with Gasteiger partial charge in [-0.05, 0) is 53.4 Å². The Bertz CT molecular complexity index is 1390. The van der Waals surface area contributed by atoms with Gasteiger partial charge in [0, 0.05) is 24.1 Å². The summed E-state index contributed by atoms with van der Waals surface area (Å²) in [7, 11) is 0. The molecule has 0 saturated carbocycles. The molecule has 3 atom stereocenters. The maximum absolute atomic E-state index is 14.3. The van der Waals surface area contributed by atoms with E-state index in [-0.39, 0.29) is 36.2 Å². The summed E-state index contributed by atoms with van der Waals surface area (Å²) in [4.78, 5) is 10.9. The summed E-state index contributed by atoms with van der Waals surface area (Å²) < 4.78 is 25.8. The number of para-hydroxylation sites is 1. The van der Waals surface area contributed by atoms with Gasteiger partial charge < -0.3 is 19.9 Å². The molecular formula is C30H29ClFNO4. The molecule has 7 heteroatoms. The van der Waals surface area contributed by atoms with Gasteiger partial charge in [-0.2, -0.15) is 0 Å². The number of carboxylic acids is 1. The van der Waals surface area contributed by atoms with Crippen LogP contribution >= 0.6 is 12.4 Å². The van der Waals surface area contributed by atoms with Crippen LogP contribution in [0.1, 0.15) is 42.0 Å². The first-order valence-corrected chi connectivity index (χ1v) is 12.1. The SMILES string of the molecule is CC(NC[C@H]1C[C@@H](c2ccc(F)c(OCC(=O)O)c2)c2ccccc2O1)c1cccc2ccccc12.Cl. The fourth-order valence-electron chi connectivity index (χ4n) is 4.97. The van der Waals surface area contributed by atoms with Crippen LogP contribution in [0.2, 0.25) is 0 Å². The molecule has 4 aromatic rings. The Kier molecular flexibility index (Phi) is 8.31. The third kappa shape index (κ3) is 5.87. The fraction of sp³-hybridized carbons (Fsp3) is 0.233. The van der Waals surface area contributed by atoms with Crippen molar-refractivity contribution in [2.75, 3.05) is 13.2 Å². The van der Waals surface area contributed by atoms with E-state index in [2.05, 4.69) is 48.6 Å². The maximum atomic E-state index is 14.3. The van der Waals surface area contributed by atoms with Crippen molar-refractivity contribution in [3.63, 3.8) is 0 Å². The van der Waals surface area contributed by atoms with Crippen molar-refractivity contribution in [3.8, 4) is 11.5 Å². The van der Waals surface area contributed by atoms with Gasteiger partial charge in [-0.3, -0.25) is 0 Å². The van der Waals surface area contributed by atoms with Crippen LogP contribution in [0.3, 0.4) is 0 Å².